The maximum absolute atomic E-state index is 12.1. The molecule has 0 saturated carbocycles. The van der Waals surface area contributed by atoms with Crippen molar-refractivity contribution in [1.29, 1.82) is 0 Å². The molecule has 0 radical (unpaired) electrons. The van der Waals surface area contributed by atoms with Gasteiger partial charge in [-0.25, -0.2) is 0 Å². The Morgan fingerprint density at radius 2 is 1.75 bits per heavy atom. The Bertz CT molecular complexity index is 572. The molecule has 4 nitrogen and oxygen atoms in total. The lowest BCUT2D eigenvalue weighted by Crippen LogP contribution is -2.37. The molecular weight excluding hydrogens is 252 g/mol. The number of aromatic nitrogens is 2. The fourth-order valence-electron chi connectivity index (χ4n) is 1.77. The van der Waals surface area contributed by atoms with Gasteiger partial charge in [0.2, 0.25) is 12.3 Å². The molecule has 2 rings (SSSR count). The fourth-order valence-corrected chi connectivity index (χ4v) is 1.77. The third kappa shape index (κ3) is 4.16. The van der Waals surface area contributed by atoms with E-state index in [1.807, 2.05) is 32.9 Å². The van der Waals surface area contributed by atoms with E-state index in [9.17, 15) is 4.79 Å². The van der Waals surface area contributed by atoms with E-state index >= 15 is 0 Å². The first-order valence-electron chi connectivity index (χ1n) is 6.55. The number of ketones is 1. The van der Waals surface area contributed by atoms with E-state index in [2.05, 4.69) is 4.98 Å². The van der Waals surface area contributed by atoms with Crippen LogP contribution in [0.5, 0.6) is 5.75 Å². The van der Waals surface area contributed by atoms with E-state index < -0.39 is 0 Å². The third-order valence-electron chi connectivity index (χ3n) is 2.61. The van der Waals surface area contributed by atoms with E-state index in [-0.39, 0.29) is 11.4 Å². The number of carbonyl (C=O) groups is 1. The zero-order valence-corrected chi connectivity index (χ0v) is 12.0. The number of nitrogens with zero attached hydrogens (tertiary/aromatic N) is 2. The van der Waals surface area contributed by atoms with Gasteiger partial charge < -0.3 is 4.74 Å². The normalized spacial score (nSPS) is 11.2. The van der Waals surface area contributed by atoms with E-state index in [0.717, 1.165) is 5.75 Å². The van der Waals surface area contributed by atoms with Gasteiger partial charge in [-0.3, -0.25) is 9.78 Å². The quantitative estimate of drug-likeness (QED) is 0.633. The number of carbonyl (C=O) groups excluding carboxylic acids is 1. The first-order valence-corrected chi connectivity index (χ1v) is 6.55. The molecule has 2 aromatic rings. The molecule has 0 atom stereocenters. The van der Waals surface area contributed by atoms with Gasteiger partial charge in [-0.2, -0.15) is 4.57 Å². The smallest absolute Gasteiger partial charge is 0.227 e. The van der Waals surface area contributed by atoms with Crippen molar-refractivity contribution in [1.82, 2.24) is 4.98 Å². The molecule has 0 bridgehead atoms. The standard InChI is InChI=1S/C16H19N2O2/c1-16(2,3)20-14-6-4-13(5-7-14)15(19)12-18-10-8-17-9-11-18/h4-11H,12H2,1-3H3/q+1. The molecule has 1 heterocycles. The summed E-state index contributed by atoms with van der Waals surface area (Å²) in [6, 6.07) is 7.25. The molecular formula is C16H19N2O2+. The Labute approximate surface area is 119 Å². The maximum Gasteiger partial charge on any atom is 0.227 e. The monoisotopic (exact) mass is 271 g/mol. The molecule has 0 unspecified atom stereocenters. The van der Waals surface area contributed by atoms with Crippen LogP contribution in [-0.4, -0.2) is 16.4 Å². The molecule has 1 aromatic heterocycles. The van der Waals surface area contributed by atoms with Crippen LogP contribution in [-0.2, 0) is 6.54 Å². The van der Waals surface area contributed by atoms with Crippen molar-refractivity contribution >= 4 is 5.78 Å². The van der Waals surface area contributed by atoms with Gasteiger partial charge in [-0.1, -0.05) is 0 Å². The number of hydrogen-bond donors (Lipinski definition) is 0. The Hall–Kier alpha value is -2.23. The summed E-state index contributed by atoms with van der Waals surface area (Å²) >= 11 is 0. The molecule has 0 aliphatic carbocycles. The topological polar surface area (TPSA) is 43.1 Å². The van der Waals surface area contributed by atoms with Gasteiger partial charge in [0.25, 0.3) is 0 Å². The largest absolute Gasteiger partial charge is 0.488 e. The lowest BCUT2D eigenvalue weighted by molar-refractivity contribution is -0.683. The van der Waals surface area contributed by atoms with Crippen molar-refractivity contribution in [3.8, 4) is 5.75 Å². The van der Waals surface area contributed by atoms with E-state index in [4.69, 9.17) is 4.74 Å². The van der Waals surface area contributed by atoms with Crippen molar-refractivity contribution in [2.45, 2.75) is 32.9 Å². The van der Waals surface area contributed by atoms with Gasteiger partial charge in [0, 0.05) is 5.56 Å². The summed E-state index contributed by atoms with van der Waals surface area (Å²) in [5.74, 6) is 0.828. The third-order valence-corrected chi connectivity index (χ3v) is 2.61. The number of Topliss-reactive ketones (excluding diaryl/α,β-unsaturated/α-hetero) is 1. The van der Waals surface area contributed by atoms with Crippen LogP contribution in [0, 0.1) is 0 Å². The van der Waals surface area contributed by atoms with Crippen LogP contribution in [0.2, 0.25) is 0 Å². The average Bonchev–Trinajstić information content (AvgIpc) is 2.39. The number of ether oxygens (including phenoxy) is 1. The first-order chi connectivity index (χ1) is 9.44. The zero-order valence-electron chi connectivity index (χ0n) is 12.0. The van der Waals surface area contributed by atoms with E-state index in [1.54, 1.807) is 41.5 Å². The van der Waals surface area contributed by atoms with Crippen molar-refractivity contribution < 1.29 is 14.1 Å². The van der Waals surface area contributed by atoms with Crippen molar-refractivity contribution in [2.75, 3.05) is 0 Å². The van der Waals surface area contributed by atoms with Crippen LogP contribution in [0.25, 0.3) is 0 Å². The highest BCUT2D eigenvalue weighted by molar-refractivity contribution is 5.95. The summed E-state index contributed by atoms with van der Waals surface area (Å²) in [4.78, 5) is 16.1. The van der Waals surface area contributed by atoms with Crippen molar-refractivity contribution in [3.05, 3.63) is 54.6 Å². The van der Waals surface area contributed by atoms with Gasteiger partial charge in [-0.15, -0.1) is 0 Å². The lowest BCUT2D eigenvalue weighted by atomic mass is 10.1. The summed E-state index contributed by atoms with van der Waals surface area (Å²) in [7, 11) is 0. The zero-order chi connectivity index (χ0) is 14.6. The molecule has 0 spiro atoms. The lowest BCUT2D eigenvalue weighted by Gasteiger charge is -2.21. The summed E-state index contributed by atoms with van der Waals surface area (Å²) < 4.78 is 7.53. The Morgan fingerprint density at radius 3 is 2.30 bits per heavy atom. The Morgan fingerprint density at radius 1 is 1.15 bits per heavy atom. The van der Waals surface area contributed by atoms with Crippen molar-refractivity contribution in [2.24, 2.45) is 0 Å². The molecule has 0 amide bonds. The molecule has 0 N–H and O–H groups in total. The molecule has 0 aliphatic rings. The van der Waals surface area contributed by atoms with E-state index in [1.165, 1.54) is 0 Å². The second-order valence-corrected chi connectivity index (χ2v) is 5.58. The summed E-state index contributed by atoms with van der Waals surface area (Å²) in [6.45, 7) is 6.28. The van der Waals surface area contributed by atoms with Crippen LogP contribution in [0.3, 0.4) is 0 Å². The Kier molecular flexibility index (Phi) is 4.13. The molecule has 1 aromatic carbocycles. The van der Waals surface area contributed by atoms with Gasteiger partial charge in [0.1, 0.15) is 11.4 Å². The predicted octanol–water partition coefficient (Wildman–Crippen LogP) is 2.43. The van der Waals surface area contributed by atoms with Crippen LogP contribution >= 0.6 is 0 Å². The van der Waals surface area contributed by atoms with Crippen LogP contribution in [0.1, 0.15) is 31.1 Å². The minimum Gasteiger partial charge on any atom is -0.488 e. The van der Waals surface area contributed by atoms with E-state index in [0.29, 0.717) is 12.1 Å². The molecule has 0 saturated heterocycles. The number of benzene rings is 1. The SMILES string of the molecule is CC(C)(C)Oc1ccc(C(=O)C[n+]2ccncc2)cc1. The number of hydrogen-bond acceptors (Lipinski definition) is 3. The minimum atomic E-state index is -0.238. The second-order valence-electron chi connectivity index (χ2n) is 5.58. The first kappa shape index (κ1) is 14.2. The summed E-state index contributed by atoms with van der Waals surface area (Å²) in [5.41, 5.74) is 0.439. The maximum atomic E-state index is 12.1. The Balaban J connectivity index is 2.04. The predicted molar refractivity (Wildman–Crippen MR) is 75.6 cm³/mol. The molecule has 20 heavy (non-hydrogen) atoms. The highest BCUT2D eigenvalue weighted by atomic mass is 16.5. The van der Waals surface area contributed by atoms with Crippen molar-refractivity contribution in [3.63, 3.8) is 0 Å². The fraction of sp³-hybridized carbons (Fsp3) is 0.312. The van der Waals surface area contributed by atoms with Crippen LogP contribution in [0.15, 0.2) is 49.1 Å². The summed E-state index contributed by atoms with van der Waals surface area (Å²) in [5, 5.41) is 0. The van der Waals surface area contributed by atoms with Gasteiger partial charge in [-0.05, 0) is 45.0 Å². The molecule has 4 heteroatoms. The second kappa shape index (κ2) is 5.82. The molecule has 104 valence electrons. The van der Waals surface area contributed by atoms with Gasteiger partial charge in [0.05, 0.1) is 12.4 Å². The minimum absolute atomic E-state index is 0.0588. The summed E-state index contributed by atoms with van der Waals surface area (Å²) in [6.07, 6.45) is 6.87. The number of rotatable bonds is 4. The molecule has 0 fully saturated rings. The van der Waals surface area contributed by atoms with Gasteiger partial charge in [0.15, 0.2) is 12.4 Å². The molecule has 0 aliphatic heterocycles. The average molecular weight is 271 g/mol. The van der Waals surface area contributed by atoms with Crippen LogP contribution in [0.4, 0.5) is 0 Å². The highest BCUT2D eigenvalue weighted by Crippen LogP contribution is 2.18. The van der Waals surface area contributed by atoms with Gasteiger partial charge >= 0.3 is 0 Å². The highest BCUT2D eigenvalue weighted by Gasteiger charge is 2.14. The van der Waals surface area contributed by atoms with Crippen LogP contribution < -0.4 is 9.30 Å².